The van der Waals surface area contributed by atoms with E-state index in [2.05, 4.69) is 10.3 Å². The second-order valence-corrected chi connectivity index (χ2v) is 7.35. The Bertz CT molecular complexity index is 645. The van der Waals surface area contributed by atoms with Gasteiger partial charge in [0.25, 0.3) is 0 Å². The van der Waals surface area contributed by atoms with Gasteiger partial charge in [0.2, 0.25) is 5.91 Å². The van der Waals surface area contributed by atoms with Crippen LogP contribution in [0.1, 0.15) is 33.1 Å². The number of ketones is 1. The first kappa shape index (κ1) is 14.8. The molecule has 0 radical (unpaired) electrons. The lowest BCUT2D eigenvalue weighted by molar-refractivity contribution is -0.142. The number of amides is 1. The van der Waals surface area contributed by atoms with Crippen LogP contribution in [0.25, 0.3) is 0 Å². The number of Topliss-reactive ketones (excluding diaryl/α,β-unsaturated/α-hetero) is 1. The topological polar surface area (TPSA) is 59.1 Å². The summed E-state index contributed by atoms with van der Waals surface area (Å²) in [6.07, 6.45) is 3.55. The van der Waals surface area contributed by atoms with Crippen LogP contribution in [0, 0.1) is 16.7 Å². The highest BCUT2D eigenvalue weighted by Gasteiger charge is 2.65. The summed E-state index contributed by atoms with van der Waals surface area (Å²) in [5.74, 6) is 0.275. The molecule has 6 heteroatoms. The molecule has 2 saturated carbocycles. The fourth-order valence-corrected chi connectivity index (χ4v) is 4.14. The normalized spacial score (nSPS) is 29.7. The van der Waals surface area contributed by atoms with Crippen LogP contribution in [0.2, 0.25) is 10.0 Å². The maximum atomic E-state index is 12.7. The fourth-order valence-electron chi connectivity index (χ4n) is 3.71. The summed E-state index contributed by atoms with van der Waals surface area (Å²) in [6, 6.07) is 1.52. The number of anilines is 1. The Labute approximate surface area is 133 Å². The zero-order chi connectivity index (χ0) is 15.4. The molecule has 0 unspecified atom stereocenters. The smallest absolute Gasteiger partial charge is 0.239 e. The lowest BCUT2D eigenvalue weighted by atomic mass is 9.70. The van der Waals surface area contributed by atoms with Gasteiger partial charge in [-0.1, -0.05) is 37.0 Å². The number of hydrogen-bond donors (Lipinski definition) is 1. The number of rotatable bonds is 2. The third kappa shape index (κ3) is 2.08. The summed E-state index contributed by atoms with van der Waals surface area (Å²) in [7, 11) is 0. The molecule has 2 atom stereocenters. The van der Waals surface area contributed by atoms with Crippen molar-refractivity contribution in [2.45, 2.75) is 33.1 Å². The van der Waals surface area contributed by atoms with Gasteiger partial charge in [0.15, 0.2) is 11.6 Å². The van der Waals surface area contributed by atoms with E-state index in [4.69, 9.17) is 23.2 Å². The van der Waals surface area contributed by atoms with E-state index in [1.807, 2.05) is 13.8 Å². The van der Waals surface area contributed by atoms with Crippen LogP contribution in [-0.2, 0) is 9.59 Å². The number of pyridine rings is 1. The van der Waals surface area contributed by atoms with Gasteiger partial charge in [0, 0.05) is 11.6 Å². The third-order valence-corrected chi connectivity index (χ3v) is 5.52. The Morgan fingerprint density at radius 3 is 2.71 bits per heavy atom. The number of nitrogens with zero attached hydrogens (tertiary/aromatic N) is 1. The Morgan fingerprint density at radius 2 is 2.14 bits per heavy atom. The van der Waals surface area contributed by atoms with Crippen LogP contribution in [-0.4, -0.2) is 16.7 Å². The van der Waals surface area contributed by atoms with E-state index in [0.29, 0.717) is 17.9 Å². The molecule has 0 spiro atoms. The van der Waals surface area contributed by atoms with Crippen LogP contribution in [0.3, 0.4) is 0 Å². The molecule has 2 aliphatic rings. The van der Waals surface area contributed by atoms with Gasteiger partial charge < -0.3 is 5.32 Å². The molecule has 1 aromatic rings. The Hall–Kier alpha value is -1.13. The van der Waals surface area contributed by atoms with Gasteiger partial charge in [0.05, 0.1) is 10.0 Å². The molecule has 3 rings (SSSR count). The van der Waals surface area contributed by atoms with E-state index in [9.17, 15) is 9.59 Å². The first-order valence-corrected chi connectivity index (χ1v) is 7.70. The first-order chi connectivity index (χ1) is 9.77. The molecule has 0 aromatic carbocycles. The summed E-state index contributed by atoms with van der Waals surface area (Å²) in [4.78, 5) is 29.3. The predicted octanol–water partition coefficient (Wildman–Crippen LogP) is 3.72. The van der Waals surface area contributed by atoms with Gasteiger partial charge in [0.1, 0.15) is 5.41 Å². The monoisotopic (exact) mass is 326 g/mol. The number of halogens is 2. The average molecular weight is 327 g/mol. The number of nitrogens with one attached hydrogen (secondary N) is 1. The summed E-state index contributed by atoms with van der Waals surface area (Å²) in [5, 5.41) is 3.37. The van der Waals surface area contributed by atoms with Crippen molar-refractivity contribution in [2.24, 2.45) is 16.7 Å². The quantitative estimate of drug-likeness (QED) is 0.842. The van der Waals surface area contributed by atoms with Crippen molar-refractivity contribution in [3.63, 3.8) is 0 Å². The van der Waals surface area contributed by atoms with Crippen molar-refractivity contribution in [1.29, 1.82) is 0 Å². The Balaban J connectivity index is 1.88. The molecule has 1 heterocycles. The van der Waals surface area contributed by atoms with Crippen LogP contribution < -0.4 is 5.32 Å². The largest absolute Gasteiger partial charge is 0.309 e. The number of carbonyl (C=O) groups is 2. The Morgan fingerprint density at radius 1 is 1.43 bits per heavy atom. The Kier molecular flexibility index (Phi) is 3.30. The standard InChI is InChI=1S/C15H16Cl2N2O2/c1-14(2)8-3-4-15(6-8,12(14)20)13(21)19-11-10(17)5-9(16)7-18-11/h5,7-8H,3-4,6H2,1-2H3,(H,18,19,21)/t8-,15-/m1/s1. The second-order valence-electron chi connectivity index (χ2n) is 6.51. The van der Waals surface area contributed by atoms with Crippen LogP contribution in [0.4, 0.5) is 5.82 Å². The van der Waals surface area contributed by atoms with Gasteiger partial charge in [-0.05, 0) is 31.2 Å². The number of aromatic nitrogens is 1. The molecule has 2 fully saturated rings. The fraction of sp³-hybridized carbons (Fsp3) is 0.533. The second kappa shape index (κ2) is 4.68. The van der Waals surface area contributed by atoms with E-state index in [-0.39, 0.29) is 28.4 Å². The number of carbonyl (C=O) groups excluding carboxylic acids is 2. The number of fused-ring (bicyclic) bond motifs is 2. The molecule has 2 aliphatic carbocycles. The average Bonchev–Trinajstić information content (AvgIpc) is 2.93. The lowest BCUT2D eigenvalue weighted by Crippen LogP contribution is -2.44. The highest BCUT2D eigenvalue weighted by Crippen LogP contribution is 2.60. The maximum Gasteiger partial charge on any atom is 0.239 e. The zero-order valence-corrected chi connectivity index (χ0v) is 13.4. The van der Waals surface area contributed by atoms with Gasteiger partial charge in [-0.3, -0.25) is 9.59 Å². The molecule has 21 heavy (non-hydrogen) atoms. The minimum Gasteiger partial charge on any atom is -0.309 e. The lowest BCUT2D eigenvalue weighted by Gasteiger charge is -2.32. The highest BCUT2D eigenvalue weighted by molar-refractivity contribution is 6.36. The first-order valence-electron chi connectivity index (χ1n) is 6.95. The van der Waals surface area contributed by atoms with E-state index < -0.39 is 10.8 Å². The summed E-state index contributed by atoms with van der Waals surface area (Å²) in [6.45, 7) is 3.86. The summed E-state index contributed by atoms with van der Waals surface area (Å²) in [5.41, 5.74) is -1.34. The van der Waals surface area contributed by atoms with Crippen molar-refractivity contribution in [3.8, 4) is 0 Å². The molecule has 1 aromatic heterocycles. The molecule has 0 aliphatic heterocycles. The molecular formula is C15H16Cl2N2O2. The van der Waals surface area contributed by atoms with Crippen molar-refractivity contribution in [3.05, 3.63) is 22.3 Å². The van der Waals surface area contributed by atoms with Crippen molar-refractivity contribution < 1.29 is 9.59 Å². The van der Waals surface area contributed by atoms with Crippen molar-refractivity contribution in [2.75, 3.05) is 5.32 Å². The molecule has 1 amide bonds. The van der Waals surface area contributed by atoms with E-state index in [1.54, 1.807) is 0 Å². The van der Waals surface area contributed by atoms with E-state index in [0.717, 1.165) is 6.42 Å². The zero-order valence-electron chi connectivity index (χ0n) is 11.9. The molecule has 112 valence electrons. The van der Waals surface area contributed by atoms with E-state index >= 15 is 0 Å². The number of hydrogen-bond acceptors (Lipinski definition) is 3. The molecular weight excluding hydrogens is 311 g/mol. The van der Waals surface area contributed by atoms with E-state index in [1.165, 1.54) is 12.3 Å². The molecule has 2 bridgehead atoms. The van der Waals surface area contributed by atoms with Crippen LogP contribution in [0.5, 0.6) is 0 Å². The summed E-state index contributed by atoms with van der Waals surface area (Å²) >= 11 is 11.8. The SMILES string of the molecule is CC1(C)C(=O)[C@@]2(C(=O)Nc3ncc(Cl)cc3Cl)CC[C@@H]1C2. The van der Waals surface area contributed by atoms with Gasteiger partial charge in [-0.2, -0.15) is 0 Å². The predicted molar refractivity (Wildman–Crippen MR) is 81.4 cm³/mol. The molecule has 1 N–H and O–H groups in total. The summed E-state index contributed by atoms with van der Waals surface area (Å²) < 4.78 is 0. The van der Waals surface area contributed by atoms with Gasteiger partial charge >= 0.3 is 0 Å². The highest BCUT2D eigenvalue weighted by atomic mass is 35.5. The van der Waals surface area contributed by atoms with Crippen molar-refractivity contribution >= 4 is 40.7 Å². The molecule has 0 saturated heterocycles. The van der Waals surface area contributed by atoms with Gasteiger partial charge in [-0.15, -0.1) is 0 Å². The molecule has 4 nitrogen and oxygen atoms in total. The maximum absolute atomic E-state index is 12.7. The third-order valence-electron chi connectivity index (χ3n) is 5.03. The van der Waals surface area contributed by atoms with Crippen LogP contribution in [0.15, 0.2) is 12.3 Å². The minimum absolute atomic E-state index is 0.0360. The van der Waals surface area contributed by atoms with Gasteiger partial charge in [-0.25, -0.2) is 4.98 Å². The van der Waals surface area contributed by atoms with Crippen LogP contribution >= 0.6 is 23.2 Å². The minimum atomic E-state index is -0.918. The van der Waals surface area contributed by atoms with Crippen molar-refractivity contribution in [1.82, 2.24) is 4.98 Å².